The van der Waals surface area contributed by atoms with Gasteiger partial charge in [-0.25, -0.2) is 0 Å². The third-order valence-corrected chi connectivity index (χ3v) is 11.2. The van der Waals surface area contributed by atoms with Crippen molar-refractivity contribution in [3.8, 4) is 27.9 Å². The van der Waals surface area contributed by atoms with Crippen molar-refractivity contribution in [2.75, 3.05) is 4.90 Å². The standard InChI is InChI=1S/C52H44N2/c1-5-14-36(15-6-2)37-22-27-41(28-23-37)53(43-31-32-45-44-18-10-12-20-48(44)52(3,4)49(45)35-43)42-29-24-38(25-30-42)39-26-33-51-47(34-39)46-19-11-13-21-50(46)54(51)40-16-8-7-9-17-40/h5,7-35H,6H2,1-4H3/b14-5-,36-15+. The summed E-state index contributed by atoms with van der Waals surface area (Å²) in [7, 11) is 0. The number of para-hydroxylation sites is 2. The minimum atomic E-state index is -0.0874. The molecule has 0 amide bonds. The van der Waals surface area contributed by atoms with Crippen molar-refractivity contribution in [3.63, 3.8) is 0 Å². The van der Waals surface area contributed by atoms with Crippen molar-refractivity contribution in [3.05, 3.63) is 199 Å². The lowest BCUT2D eigenvalue weighted by Crippen LogP contribution is -2.16. The van der Waals surface area contributed by atoms with E-state index in [0.29, 0.717) is 0 Å². The van der Waals surface area contributed by atoms with Gasteiger partial charge in [0.15, 0.2) is 0 Å². The molecule has 0 bridgehead atoms. The number of hydrogen-bond acceptors (Lipinski definition) is 1. The second kappa shape index (κ2) is 13.5. The molecule has 0 spiro atoms. The molecule has 1 heterocycles. The van der Waals surface area contributed by atoms with Crippen LogP contribution in [0.25, 0.3) is 55.3 Å². The first-order chi connectivity index (χ1) is 26.5. The molecule has 0 saturated heterocycles. The van der Waals surface area contributed by atoms with Gasteiger partial charge in [0.25, 0.3) is 0 Å². The smallest absolute Gasteiger partial charge is 0.0541 e. The van der Waals surface area contributed by atoms with Crippen molar-refractivity contribution in [1.29, 1.82) is 0 Å². The fraction of sp³-hybridized carbons (Fsp3) is 0.115. The fourth-order valence-electron chi connectivity index (χ4n) is 8.57. The Morgan fingerprint density at radius 1 is 0.574 bits per heavy atom. The molecule has 7 aromatic carbocycles. The summed E-state index contributed by atoms with van der Waals surface area (Å²) in [5.74, 6) is 0. The number of benzene rings is 7. The summed E-state index contributed by atoms with van der Waals surface area (Å²) < 4.78 is 2.37. The Bertz CT molecular complexity index is 2710. The number of rotatable bonds is 8. The number of nitrogens with zero attached hydrogens (tertiary/aromatic N) is 2. The summed E-state index contributed by atoms with van der Waals surface area (Å²) in [6.07, 6.45) is 7.61. The van der Waals surface area contributed by atoms with Crippen LogP contribution in [0.2, 0.25) is 0 Å². The molecule has 0 fully saturated rings. The van der Waals surface area contributed by atoms with E-state index < -0.39 is 0 Å². The quantitative estimate of drug-likeness (QED) is 0.144. The van der Waals surface area contributed by atoms with Crippen molar-refractivity contribution in [2.45, 2.75) is 39.5 Å². The molecule has 0 radical (unpaired) electrons. The second-order valence-corrected chi connectivity index (χ2v) is 14.8. The van der Waals surface area contributed by atoms with Gasteiger partial charge in [-0.1, -0.05) is 136 Å². The molecule has 0 atom stereocenters. The predicted molar refractivity (Wildman–Crippen MR) is 232 cm³/mol. The summed E-state index contributed by atoms with van der Waals surface area (Å²) in [5.41, 5.74) is 17.2. The Morgan fingerprint density at radius 2 is 1.20 bits per heavy atom. The average molecular weight is 697 g/mol. The molecule has 0 saturated carbocycles. The summed E-state index contributed by atoms with van der Waals surface area (Å²) in [6, 6.07) is 60.3. The highest BCUT2D eigenvalue weighted by atomic mass is 15.1. The van der Waals surface area contributed by atoms with Crippen molar-refractivity contribution in [2.24, 2.45) is 0 Å². The number of fused-ring (bicyclic) bond motifs is 6. The zero-order valence-corrected chi connectivity index (χ0v) is 31.4. The van der Waals surface area contributed by atoms with Gasteiger partial charge < -0.3 is 9.47 Å². The highest BCUT2D eigenvalue weighted by molar-refractivity contribution is 6.10. The Labute approximate surface area is 319 Å². The first kappa shape index (κ1) is 33.5. The zero-order valence-electron chi connectivity index (χ0n) is 31.4. The maximum atomic E-state index is 2.41. The molecule has 1 aliphatic carbocycles. The van der Waals surface area contributed by atoms with Crippen LogP contribution in [-0.4, -0.2) is 4.57 Å². The molecule has 0 aliphatic heterocycles. The van der Waals surface area contributed by atoms with Crippen molar-refractivity contribution >= 4 is 44.4 Å². The van der Waals surface area contributed by atoms with Crippen LogP contribution < -0.4 is 4.90 Å². The van der Waals surface area contributed by atoms with Crippen LogP contribution in [0.5, 0.6) is 0 Å². The Morgan fingerprint density at radius 3 is 1.96 bits per heavy atom. The number of allylic oxidation sites excluding steroid dienone is 4. The fourth-order valence-corrected chi connectivity index (χ4v) is 8.57. The van der Waals surface area contributed by atoms with Gasteiger partial charge in [-0.05, 0) is 125 Å². The molecule has 2 heteroatoms. The average Bonchev–Trinajstić information content (AvgIpc) is 3.67. The molecular formula is C52H44N2. The predicted octanol–water partition coefficient (Wildman–Crippen LogP) is 14.6. The van der Waals surface area contributed by atoms with Gasteiger partial charge in [-0.15, -0.1) is 0 Å². The highest BCUT2D eigenvalue weighted by Crippen LogP contribution is 2.50. The maximum absolute atomic E-state index is 2.41. The first-order valence-corrected chi connectivity index (χ1v) is 19.1. The second-order valence-electron chi connectivity index (χ2n) is 14.8. The van der Waals surface area contributed by atoms with Gasteiger partial charge in [0.2, 0.25) is 0 Å². The topological polar surface area (TPSA) is 8.17 Å². The summed E-state index contributed by atoms with van der Waals surface area (Å²) in [5, 5.41) is 2.52. The van der Waals surface area contributed by atoms with Crippen LogP contribution in [0.3, 0.4) is 0 Å². The van der Waals surface area contributed by atoms with E-state index in [1.165, 1.54) is 72.0 Å². The van der Waals surface area contributed by atoms with Gasteiger partial charge in [0, 0.05) is 38.9 Å². The summed E-state index contributed by atoms with van der Waals surface area (Å²) in [4.78, 5) is 2.41. The van der Waals surface area contributed by atoms with Crippen LogP contribution in [0.4, 0.5) is 17.1 Å². The Hall–Kier alpha value is -6.38. The van der Waals surface area contributed by atoms with Crippen LogP contribution in [-0.2, 0) is 5.41 Å². The van der Waals surface area contributed by atoms with E-state index in [2.05, 4.69) is 219 Å². The molecule has 1 aliphatic rings. The number of hydrogen-bond donors (Lipinski definition) is 0. The summed E-state index contributed by atoms with van der Waals surface area (Å²) in [6.45, 7) is 8.98. The van der Waals surface area contributed by atoms with Crippen LogP contribution in [0, 0.1) is 0 Å². The highest BCUT2D eigenvalue weighted by Gasteiger charge is 2.35. The molecule has 8 aromatic rings. The van der Waals surface area contributed by atoms with Crippen molar-refractivity contribution < 1.29 is 0 Å². The largest absolute Gasteiger partial charge is 0.310 e. The van der Waals surface area contributed by atoms with Gasteiger partial charge in [-0.2, -0.15) is 0 Å². The van der Waals surface area contributed by atoms with E-state index in [1.807, 2.05) is 0 Å². The van der Waals surface area contributed by atoms with E-state index in [9.17, 15) is 0 Å². The third-order valence-electron chi connectivity index (χ3n) is 11.2. The minimum Gasteiger partial charge on any atom is -0.310 e. The maximum Gasteiger partial charge on any atom is 0.0541 e. The lowest BCUT2D eigenvalue weighted by atomic mass is 9.82. The zero-order chi connectivity index (χ0) is 36.8. The monoisotopic (exact) mass is 696 g/mol. The van der Waals surface area contributed by atoms with E-state index in [0.717, 1.165) is 23.5 Å². The Kier molecular flexibility index (Phi) is 8.39. The molecule has 2 nitrogen and oxygen atoms in total. The summed E-state index contributed by atoms with van der Waals surface area (Å²) >= 11 is 0. The van der Waals surface area contributed by atoms with Crippen LogP contribution in [0.1, 0.15) is 50.8 Å². The van der Waals surface area contributed by atoms with Crippen LogP contribution >= 0.6 is 0 Å². The molecule has 0 unspecified atom stereocenters. The van der Waals surface area contributed by atoms with E-state index in [1.54, 1.807) is 0 Å². The lowest BCUT2D eigenvalue weighted by molar-refractivity contribution is 0.660. The molecule has 9 rings (SSSR count). The minimum absolute atomic E-state index is 0.0874. The number of anilines is 3. The van der Waals surface area contributed by atoms with E-state index >= 15 is 0 Å². The van der Waals surface area contributed by atoms with E-state index in [4.69, 9.17) is 0 Å². The van der Waals surface area contributed by atoms with Gasteiger partial charge in [0.1, 0.15) is 0 Å². The number of aromatic nitrogens is 1. The van der Waals surface area contributed by atoms with Gasteiger partial charge in [0.05, 0.1) is 11.0 Å². The third kappa shape index (κ3) is 5.58. The molecule has 54 heavy (non-hydrogen) atoms. The lowest BCUT2D eigenvalue weighted by Gasteiger charge is -2.28. The SMILES string of the molecule is C/C=C\C(=C/CC)c1ccc(N(c2ccc(-c3ccc4c(c3)c3ccccc3n4-c3ccccc3)cc2)c2ccc3c(c2)C(C)(C)c2ccccc2-3)cc1. The molecule has 0 N–H and O–H groups in total. The first-order valence-electron chi connectivity index (χ1n) is 19.1. The normalized spacial score (nSPS) is 13.4. The molecule has 1 aromatic heterocycles. The van der Waals surface area contributed by atoms with Crippen LogP contribution in [0.15, 0.2) is 182 Å². The Balaban J connectivity index is 1.14. The van der Waals surface area contributed by atoms with Gasteiger partial charge in [-0.3, -0.25) is 0 Å². The molecule has 262 valence electrons. The van der Waals surface area contributed by atoms with Crippen molar-refractivity contribution in [1.82, 2.24) is 4.57 Å². The van der Waals surface area contributed by atoms with Gasteiger partial charge >= 0.3 is 0 Å². The van der Waals surface area contributed by atoms with E-state index in [-0.39, 0.29) is 5.41 Å². The molecular weight excluding hydrogens is 653 g/mol.